The summed E-state index contributed by atoms with van der Waals surface area (Å²) in [6.45, 7) is 1.92. The third kappa shape index (κ3) is 3.85. The summed E-state index contributed by atoms with van der Waals surface area (Å²) >= 11 is 1.36. The van der Waals surface area contributed by atoms with Gasteiger partial charge in [-0.1, -0.05) is 12.1 Å². The van der Waals surface area contributed by atoms with Crippen molar-refractivity contribution >= 4 is 41.2 Å². The van der Waals surface area contributed by atoms with Crippen LogP contribution in [-0.2, 0) is 17.8 Å². The predicted octanol–water partition coefficient (Wildman–Crippen LogP) is 3.20. The van der Waals surface area contributed by atoms with E-state index in [1.807, 2.05) is 17.5 Å². The minimum Gasteiger partial charge on any atom is -0.326 e. The Kier molecular flexibility index (Phi) is 6.14. The Balaban J connectivity index is 0.00000210. The number of fused-ring (bicyclic) bond motifs is 1. The van der Waals surface area contributed by atoms with Crippen LogP contribution in [0, 0.1) is 5.82 Å². The van der Waals surface area contributed by atoms with Crippen LogP contribution in [0.2, 0.25) is 0 Å². The minimum absolute atomic E-state index is 0. The average Bonchev–Trinajstić information content (AvgIpc) is 3.35. The molecule has 3 heterocycles. The second kappa shape index (κ2) is 8.37. The predicted molar refractivity (Wildman–Crippen MR) is 106 cm³/mol. The number of nitrogens with zero attached hydrogens (tertiary/aromatic N) is 1. The zero-order valence-electron chi connectivity index (χ0n) is 14.7. The van der Waals surface area contributed by atoms with E-state index in [1.165, 1.54) is 11.3 Å². The molecule has 0 aliphatic carbocycles. The van der Waals surface area contributed by atoms with E-state index in [2.05, 4.69) is 10.6 Å². The highest BCUT2D eigenvalue weighted by Crippen LogP contribution is 2.27. The van der Waals surface area contributed by atoms with E-state index in [4.69, 9.17) is 0 Å². The Morgan fingerprint density at radius 3 is 2.93 bits per heavy atom. The Labute approximate surface area is 167 Å². The van der Waals surface area contributed by atoms with Crippen LogP contribution in [-0.4, -0.2) is 35.8 Å². The van der Waals surface area contributed by atoms with Crippen LogP contribution in [0.15, 0.2) is 29.6 Å². The number of nitrogens with one attached hydrogen (secondary N) is 2. The molecule has 0 radical (unpaired) electrons. The second-order valence-corrected chi connectivity index (χ2v) is 7.56. The molecule has 0 bridgehead atoms. The van der Waals surface area contributed by atoms with Crippen molar-refractivity contribution in [3.63, 3.8) is 0 Å². The van der Waals surface area contributed by atoms with E-state index in [0.717, 1.165) is 18.5 Å². The standard InChI is InChI=1S/C19H20FN3O2S.ClH/c20-17-13-7-8-21-11-12(13)5-6-14(17)22-18(24)15-3-1-9-23(15)19(25)16-4-2-10-26-16;/h2,4-6,10,15,21H,1,3,7-9,11H2,(H,22,24);1H. The van der Waals surface area contributed by atoms with Gasteiger partial charge in [0.1, 0.15) is 11.9 Å². The highest BCUT2D eigenvalue weighted by molar-refractivity contribution is 7.12. The summed E-state index contributed by atoms with van der Waals surface area (Å²) in [6.07, 6.45) is 1.98. The number of carbonyl (C=O) groups excluding carboxylic acids is 2. The molecule has 0 saturated carbocycles. The molecule has 1 unspecified atom stereocenters. The lowest BCUT2D eigenvalue weighted by molar-refractivity contribution is -0.119. The monoisotopic (exact) mass is 409 g/mol. The maximum atomic E-state index is 14.8. The van der Waals surface area contributed by atoms with Crippen LogP contribution in [0.3, 0.4) is 0 Å². The van der Waals surface area contributed by atoms with Gasteiger partial charge >= 0.3 is 0 Å². The number of benzene rings is 1. The van der Waals surface area contributed by atoms with Gasteiger partial charge in [-0.15, -0.1) is 23.7 Å². The van der Waals surface area contributed by atoms with Crippen LogP contribution in [0.5, 0.6) is 0 Å². The van der Waals surface area contributed by atoms with Gasteiger partial charge in [-0.3, -0.25) is 9.59 Å². The van der Waals surface area contributed by atoms with Crippen molar-refractivity contribution in [2.24, 2.45) is 0 Å². The minimum atomic E-state index is -0.554. The van der Waals surface area contributed by atoms with Gasteiger partial charge in [0.05, 0.1) is 10.6 Å². The highest BCUT2D eigenvalue weighted by Gasteiger charge is 2.35. The molecule has 2 aliphatic heterocycles. The lowest BCUT2D eigenvalue weighted by atomic mass is 9.99. The van der Waals surface area contributed by atoms with Crippen LogP contribution >= 0.6 is 23.7 Å². The van der Waals surface area contributed by atoms with Crippen LogP contribution in [0.25, 0.3) is 0 Å². The van der Waals surface area contributed by atoms with Gasteiger partial charge in [-0.2, -0.15) is 0 Å². The van der Waals surface area contributed by atoms with Crippen molar-refractivity contribution in [3.8, 4) is 0 Å². The number of likely N-dealkylation sites (tertiary alicyclic amines) is 1. The number of anilines is 1. The SMILES string of the molecule is Cl.O=C(Nc1ccc2c(c1F)CCNC2)C1CCCN1C(=O)c1cccs1. The molecule has 4 rings (SSSR count). The third-order valence-electron chi connectivity index (χ3n) is 5.01. The second-order valence-electron chi connectivity index (χ2n) is 6.61. The van der Waals surface area contributed by atoms with Crippen molar-refractivity contribution in [2.45, 2.75) is 31.8 Å². The fraction of sp³-hybridized carbons (Fsp3) is 0.368. The Morgan fingerprint density at radius 2 is 2.15 bits per heavy atom. The fourth-order valence-corrected chi connectivity index (χ4v) is 4.35. The van der Waals surface area contributed by atoms with Crippen molar-refractivity contribution in [1.29, 1.82) is 0 Å². The maximum Gasteiger partial charge on any atom is 0.264 e. The van der Waals surface area contributed by atoms with Crippen LogP contribution in [0.1, 0.15) is 33.6 Å². The maximum absolute atomic E-state index is 14.8. The van der Waals surface area contributed by atoms with Crippen molar-refractivity contribution in [1.82, 2.24) is 10.2 Å². The number of amides is 2. The quantitative estimate of drug-likeness (QED) is 0.818. The summed E-state index contributed by atoms with van der Waals surface area (Å²) < 4.78 is 14.8. The summed E-state index contributed by atoms with van der Waals surface area (Å²) in [5.74, 6) is -0.804. The number of hydrogen-bond donors (Lipinski definition) is 2. The topological polar surface area (TPSA) is 61.4 Å². The molecule has 1 saturated heterocycles. The molecule has 2 N–H and O–H groups in total. The molecule has 1 fully saturated rings. The first-order chi connectivity index (χ1) is 12.6. The largest absolute Gasteiger partial charge is 0.326 e. The third-order valence-corrected chi connectivity index (χ3v) is 5.87. The van der Waals surface area contributed by atoms with Gasteiger partial charge in [0.2, 0.25) is 5.91 Å². The first-order valence-corrected chi connectivity index (χ1v) is 9.69. The number of rotatable bonds is 3. The molecule has 1 atom stereocenters. The number of halogens is 2. The van der Waals surface area contributed by atoms with Crippen molar-refractivity contribution in [3.05, 3.63) is 51.5 Å². The summed E-state index contributed by atoms with van der Waals surface area (Å²) in [7, 11) is 0. The molecule has 144 valence electrons. The molecule has 5 nitrogen and oxygen atoms in total. The molecule has 8 heteroatoms. The number of thiophene rings is 1. The van der Waals surface area contributed by atoms with Crippen LogP contribution in [0.4, 0.5) is 10.1 Å². The molecule has 0 spiro atoms. The Morgan fingerprint density at radius 1 is 1.30 bits per heavy atom. The summed E-state index contributed by atoms with van der Waals surface area (Å²) in [5, 5.41) is 7.76. The fourth-order valence-electron chi connectivity index (χ4n) is 3.67. The molecule has 27 heavy (non-hydrogen) atoms. The first kappa shape index (κ1) is 19.8. The van der Waals surface area contributed by atoms with E-state index in [1.54, 1.807) is 17.0 Å². The zero-order valence-corrected chi connectivity index (χ0v) is 16.3. The van der Waals surface area contributed by atoms with E-state index < -0.39 is 6.04 Å². The zero-order chi connectivity index (χ0) is 18.1. The molecule has 2 aromatic rings. The Hall–Kier alpha value is -1.96. The molecular formula is C19H21ClFN3O2S. The van der Waals surface area contributed by atoms with E-state index in [9.17, 15) is 14.0 Å². The summed E-state index contributed by atoms with van der Waals surface area (Å²) in [4.78, 5) is 27.6. The van der Waals surface area contributed by atoms with E-state index in [0.29, 0.717) is 36.4 Å². The highest BCUT2D eigenvalue weighted by atomic mass is 35.5. The molecule has 2 aliphatic rings. The van der Waals surface area contributed by atoms with Crippen molar-refractivity contribution in [2.75, 3.05) is 18.4 Å². The smallest absolute Gasteiger partial charge is 0.264 e. The van der Waals surface area contributed by atoms with E-state index >= 15 is 0 Å². The Bertz CT molecular complexity index is 844. The van der Waals surface area contributed by atoms with Gasteiger partial charge in [0.25, 0.3) is 5.91 Å². The van der Waals surface area contributed by atoms with Gasteiger partial charge in [-0.05, 0) is 54.4 Å². The lowest BCUT2D eigenvalue weighted by Gasteiger charge is -2.24. The van der Waals surface area contributed by atoms with Gasteiger partial charge in [-0.25, -0.2) is 4.39 Å². The van der Waals surface area contributed by atoms with Crippen molar-refractivity contribution < 1.29 is 14.0 Å². The first-order valence-electron chi connectivity index (χ1n) is 8.81. The molecular weight excluding hydrogens is 389 g/mol. The average molecular weight is 410 g/mol. The summed E-state index contributed by atoms with van der Waals surface area (Å²) in [5.41, 5.74) is 1.80. The molecule has 1 aromatic carbocycles. The lowest BCUT2D eigenvalue weighted by Crippen LogP contribution is -2.43. The number of hydrogen-bond acceptors (Lipinski definition) is 4. The molecule has 1 aromatic heterocycles. The summed E-state index contributed by atoms with van der Waals surface area (Å²) in [6, 6.07) is 6.49. The van der Waals surface area contributed by atoms with Gasteiger partial charge in [0.15, 0.2) is 0 Å². The van der Waals surface area contributed by atoms with Gasteiger partial charge in [0, 0.05) is 13.1 Å². The van der Waals surface area contributed by atoms with Crippen LogP contribution < -0.4 is 10.6 Å². The number of carbonyl (C=O) groups is 2. The molecule has 2 amide bonds. The van der Waals surface area contributed by atoms with Gasteiger partial charge < -0.3 is 15.5 Å². The normalized spacial score (nSPS) is 18.6. The van der Waals surface area contributed by atoms with E-state index in [-0.39, 0.29) is 35.7 Å².